The Labute approximate surface area is 111 Å². The quantitative estimate of drug-likeness (QED) is 0.731. The van der Waals surface area contributed by atoms with Crippen molar-refractivity contribution in [1.29, 1.82) is 0 Å². The SMILES string of the molecule is COC(=O)C(CC(C)C)NCC1CCCN(C)C1. The van der Waals surface area contributed by atoms with E-state index in [4.69, 9.17) is 4.74 Å². The van der Waals surface area contributed by atoms with Crippen molar-refractivity contribution < 1.29 is 9.53 Å². The lowest BCUT2D eigenvalue weighted by molar-refractivity contribution is -0.143. The summed E-state index contributed by atoms with van der Waals surface area (Å²) >= 11 is 0. The van der Waals surface area contributed by atoms with Crippen molar-refractivity contribution in [2.45, 2.75) is 39.2 Å². The first kappa shape index (κ1) is 15.4. The van der Waals surface area contributed by atoms with Crippen LogP contribution in [0.25, 0.3) is 0 Å². The van der Waals surface area contributed by atoms with Gasteiger partial charge in [-0.25, -0.2) is 0 Å². The van der Waals surface area contributed by atoms with Crippen molar-refractivity contribution >= 4 is 5.97 Å². The second kappa shape index (κ2) is 7.74. The maximum atomic E-state index is 11.7. The van der Waals surface area contributed by atoms with E-state index in [-0.39, 0.29) is 12.0 Å². The highest BCUT2D eigenvalue weighted by Crippen LogP contribution is 2.15. The van der Waals surface area contributed by atoms with Crippen LogP contribution in [-0.2, 0) is 9.53 Å². The number of carbonyl (C=O) groups excluding carboxylic acids is 1. The summed E-state index contributed by atoms with van der Waals surface area (Å²) in [4.78, 5) is 14.1. The third kappa shape index (κ3) is 5.36. The molecular formula is C14H28N2O2. The highest BCUT2D eigenvalue weighted by atomic mass is 16.5. The lowest BCUT2D eigenvalue weighted by atomic mass is 9.97. The van der Waals surface area contributed by atoms with Crippen LogP contribution in [0.5, 0.6) is 0 Å². The molecule has 0 bridgehead atoms. The van der Waals surface area contributed by atoms with E-state index in [1.165, 1.54) is 26.5 Å². The normalized spacial score (nSPS) is 23.1. The third-order valence-corrected chi connectivity index (χ3v) is 3.57. The molecule has 0 aromatic carbocycles. The number of nitrogens with one attached hydrogen (secondary N) is 1. The Bertz CT molecular complexity index is 256. The second-order valence-corrected chi connectivity index (χ2v) is 5.88. The summed E-state index contributed by atoms with van der Waals surface area (Å²) in [6.07, 6.45) is 3.36. The fourth-order valence-electron chi connectivity index (χ4n) is 2.63. The van der Waals surface area contributed by atoms with Crippen LogP contribution in [0, 0.1) is 11.8 Å². The van der Waals surface area contributed by atoms with E-state index in [0.717, 1.165) is 19.5 Å². The number of likely N-dealkylation sites (tertiary alicyclic amines) is 1. The average molecular weight is 256 g/mol. The van der Waals surface area contributed by atoms with Crippen LogP contribution in [0.1, 0.15) is 33.1 Å². The Morgan fingerprint density at radius 1 is 1.50 bits per heavy atom. The van der Waals surface area contributed by atoms with Crippen molar-refractivity contribution in [3.05, 3.63) is 0 Å². The minimum atomic E-state index is -0.151. The number of esters is 1. The molecule has 1 heterocycles. The van der Waals surface area contributed by atoms with Crippen molar-refractivity contribution in [2.75, 3.05) is 33.8 Å². The first-order valence-corrected chi connectivity index (χ1v) is 7.02. The lowest BCUT2D eigenvalue weighted by Gasteiger charge is -2.31. The molecule has 4 nitrogen and oxygen atoms in total. The van der Waals surface area contributed by atoms with Crippen molar-refractivity contribution in [3.8, 4) is 0 Å². The second-order valence-electron chi connectivity index (χ2n) is 5.88. The summed E-state index contributed by atoms with van der Waals surface area (Å²) in [7, 11) is 3.63. The highest BCUT2D eigenvalue weighted by molar-refractivity contribution is 5.75. The maximum absolute atomic E-state index is 11.7. The van der Waals surface area contributed by atoms with Crippen LogP contribution in [0.2, 0.25) is 0 Å². The molecule has 106 valence electrons. The molecule has 2 atom stereocenters. The number of ether oxygens (including phenoxy) is 1. The van der Waals surface area contributed by atoms with Crippen LogP contribution in [0.4, 0.5) is 0 Å². The Morgan fingerprint density at radius 2 is 2.22 bits per heavy atom. The summed E-state index contributed by atoms with van der Waals surface area (Å²) in [5.74, 6) is 1.02. The zero-order valence-electron chi connectivity index (χ0n) is 12.2. The van der Waals surface area contributed by atoms with Gasteiger partial charge >= 0.3 is 5.97 Å². The molecule has 1 aliphatic heterocycles. The van der Waals surface area contributed by atoms with E-state index < -0.39 is 0 Å². The molecule has 4 heteroatoms. The van der Waals surface area contributed by atoms with Crippen LogP contribution in [-0.4, -0.2) is 50.7 Å². The lowest BCUT2D eigenvalue weighted by Crippen LogP contribution is -2.44. The van der Waals surface area contributed by atoms with Gasteiger partial charge in [0, 0.05) is 6.54 Å². The summed E-state index contributed by atoms with van der Waals surface area (Å²) < 4.78 is 4.86. The predicted molar refractivity (Wildman–Crippen MR) is 73.5 cm³/mol. The Balaban J connectivity index is 2.38. The van der Waals surface area contributed by atoms with Gasteiger partial charge in [0.25, 0.3) is 0 Å². The molecule has 1 N–H and O–H groups in total. The molecule has 0 radical (unpaired) electrons. The van der Waals surface area contributed by atoms with E-state index in [2.05, 4.69) is 31.1 Å². The Kier molecular flexibility index (Phi) is 6.65. The van der Waals surface area contributed by atoms with Gasteiger partial charge in [-0.3, -0.25) is 4.79 Å². The minimum Gasteiger partial charge on any atom is -0.468 e. The first-order chi connectivity index (χ1) is 8.52. The van der Waals surface area contributed by atoms with Crippen molar-refractivity contribution in [2.24, 2.45) is 11.8 Å². The molecule has 1 aliphatic rings. The number of piperidine rings is 1. The van der Waals surface area contributed by atoms with Crippen LogP contribution in [0.15, 0.2) is 0 Å². The van der Waals surface area contributed by atoms with E-state index in [1.807, 2.05) is 0 Å². The number of hydrogen-bond donors (Lipinski definition) is 1. The van der Waals surface area contributed by atoms with Crippen molar-refractivity contribution in [3.63, 3.8) is 0 Å². The monoisotopic (exact) mass is 256 g/mol. The largest absolute Gasteiger partial charge is 0.468 e. The van der Waals surface area contributed by atoms with Crippen LogP contribution >= 0.6 is 0 Å². The molecule has 1 saturated heterocycles. The smallest absolute Gasteiger partial charge is 0.322 e. The van der Waals surface area contributed by atoms with Gasteiger partial charge in [0.15, 0.2) is 0 Å². The van der Waals surface area contributed by atoms with Gasteiger partial charge in [-0.2, -0.15) is 0 Å². The number of nitrogens with zero attached hydrogens (tertiary/aromatic N) is 1. The summed E-state index contributed by atoms with van der Waals surface area (Å²) in [6, 6.07) is -0.151. The molecule has 18 heavy (non-hydrogen) atoms. The minimum absolute atomic E-state index is 0.132. The van der Waals surface area contributed by atoms with Gasteiger partial charge in [0.1, 0.15) is 6.04 Å². The first-order valence-electron chi connectivity index (χ1n) is 7.02. The van der Waals surface area contributed by atoms with E-state index in [0.29, 0.717) is 11.8 Å². The van der Waals surface area contributed by atoms with E-state index in [1.54, 1.807) is 0 Å². The van der Waals surface area contributed by atoms with Crippen LogP contribution in [0.3, 0.4) is 0 Å². The highest BCUT2D eigenvalue weighted by Gasteiger charge is 2.23. The number of hydrogen-bond acceptors (Lipinski definition) is 4. The van der Waals surface area contributed by atoms with Gasteiger partial charge in [-0.05, 0) is 51.2 Å². The number of rotatable bonds is 6. The zero-order valence-corrected chi connectivity index (χ0v) is 12.2. The van der Waals surface area contributed by atoms with Gasteiger partial charge in [0.05, 0.1) is 7.11 Å². The Hall–Kier alpha value is -0.610. The molecule has 2 unspecified atom stereocenters. The third-order valence-electron chi connectivity index (χ3n) is 3.57. The van der Waals surface area contributed by atoms with Gasteiger partial charge in [-0.1, -0.05) is 13.8 Å². The number of carbonyl (C=O) groups is 1. The molecule has 0 saturated carbocycles. The zero-order chi connectivity index (χ0) is 13.5. The van der Waals surface area contributed by atoms with Gasteiger partial charge in [-0.15, -0.1) is 0 Å². The topological polar surface area (TPSA) is 41.6 Å². The average Bonchev–Trinajstić information content (AvgIpc) is 2.33. The maximum Gasteiger partial charge on any atom is 0.322 e. The molecule has 0 aromatic rings. The molecule has 0 spiro atoms. The fraction of sp³-hybridized carbons (Fsp3) is 0.929. The summed E-state index contributed by atoms with van der Waals surface area (Å²) in [6.45, 7) is 7.50. The summed E-state index contributed by atoms with van der Waals surface area (Å²) in [5, 5.41) is 3.39. The molecule has 0 aromatic heterocycles. The van der Waals surface area contributed by atoms with Crippen molar-refractivity contribution in [1.82, 2.24) is 10.2 Å². The molecule has 0 aliphatic carbocycles. The van der Waals surface area contributed by atoms with Gasteiger partial charge < -0.3 is 15.0 Å². The van der Waals surface area contributed by atoms with Crippen LogP contribution < -0.4 is 5.32 Å². The predicted octanol–water partition coefficient (Wildman–Crippen LogP) is 1.51. The van der Waals surface area contributed by atoms with E-state index >= 15 is 0 Å². The van der Waals surface area contributed by atoms with Gasteiger partial charge in [0.2, 0.25) is 0 Å². The molecule has 0 amide bonds. The fourth-order valence-corrected chi connectivity index (χ4v) is 2.63. The molecule has 1 fully saturated rings. The number of methoxy groups -OCH3 is 1. The molecule has 1 rings (SSSR count). The molecular weight excluding hydrogens is 228 g/mol. The summed E-state index contributed by atoms with van der Waals surface area (Å²) in [5.41, 5.74) is 0. The van der Waals surface area contributed by atoms with E-state index in [9.17, 15) is 4.79 Å². The standard InChI is InChI=1S/C14H28N2O2/c1-11(2)8-13(14(17)18-4)15-9-12-6-5-7-16(3)10-12/h11-13,15H,5-10H2,1-4H3. The Morgan fingerprint density at radius 3 is 2.78 bits per heavy atom.